The van der Waals surface area contributed by atoms with Crippen molar-refractivity contribution in [2.24, 2.45) is 5.92 Å². The van der Waals surface area contributed by atoms with Crippen molar-refractivity contribution in [3.63, 3.8) is 0 Å². The Kier molecular flexibility index (Phi) is 8.09. The number of rotatable bonds is 10. The number of carbonyl (C=O) groups is 3. The van der Waals surface area contributed by atoms with Crippen molar-refractivity contribution in [1.29, 1.82) is 0 Å². The lowest BCUT2D eigenvalue weighted by molar-refractivity contribution is -0.140. The van der Waals surface area contributed by atoms with Crippen LogP contribution in [0.1, 0.15) is 43.1 Å². The van der Waals surface area contributed by atoms with Crippen LogP contribution in [0.3, 0.4) is 0 Å². The number of fused-ring (bicyclic) bond motifs is 1. The minimum absolute atomic E-state index is 0.0489. The maximum Gasteiger partial charge on any atom is 0.269 e. The number of hydrogen-bond acceptors (Lipinski definition) is 5. The molecular formula is C25H31N3O5S. The fourth-order valence-corrected chi connectivity index (χ4v) is 5.44. The third-order valence-electron chi connectivity index (χ3n) is 5.75. The maximum atomic E-state index is 13.4. The zero-order valence-corrected chi connectivity index (χ0v) is 20.5. The van der Waals surface area contributed by atoms with Crippen LogP contribution in [0.15, 0.2) is 59.5 Å². The summed E-state index contributed by atoms with van der Waals surface area (Å²) in [4.78, 5) is 40.5. The first-order valence-electron chi connectivity index (χ1n) is 11.4. The molecule has 0 radical (unpaired) electrons. The van der Waals surface area contributed by atoms with E-state index in [4.69, 9.17) is 0 Å². The minimum Gasteiger partial charge on any atom is -0.354 e. The number of sulfonamides is 1. The summed E-state index contributed by atoms with van der Waals surface area (Å²) in [5.74, 6) is -1.38. The average Bonchev–Trinajstić information content (AvgIpc) is 3.01. The topological polar surface area (TPSA) is 104 Å². The second-order valence-electron chi connectivity index (χ2n) is 8.70. The van der Waals surface area contributed by atoms with Gasteiger partial charge in [-0.2, -0.15) is 0 Å². The summed E-state index contributed by atoms with van der Waals surface area (Å²) in [5.41, 5.74) is 1.03. The van der Waals surface area contributed by atoms with E-state index in [1.165, 1.54) is 23.1 Å². The second-order valence-corrected chi connectivity index (χ2v) is 10.5. The van der Waals surface area contributed by atoms with Gasteiger partial charge in [0.25, 0.3) is 15.9 Å². The normalized spacial score (nSPS) is 15.2. The van der Waals surface area contributed by atoms with Gasteiger partial charge in [-0.1, -0.05) is 63.2 Å². The Labute approximate surface area is 201 Å². The predicted molar refractivity (Wildman–Crippen MR) is 128 cm³/mol. The van der Waals surface area contributed by atoms with Crippen molar-refractivity contribution in [3.05, 3.63) is 65.7 Å². The van der Waals surface area contributed by atoms with Gasteiger partial charge in [0.2, 0.25) is 11.8 Å². The first-order chi connectivity index (χ1) is 16.2. The van der Waals surface area contributed by atoms with E-state index in [1.807, 2.05) is 44.2 Å². The molecular weight excluding hydrogens is 454 g/mol. The largest absolute Gasteiger partial charge is 0.354 e. The van der Waals surface area contributed by atoms with Gasteiger partial charge in [0.1, 0.15) is 17.5 Å². The molecule has 0 bridgehead atoms. The summed E-state index contributed by atoms with van der Waals surface area (Å²) < 4.78 is 26.5. The third kappa shape index (κ3) is 5.47. The van der Waals surface area contributed by atoms with E-state index in [9.17, 15) is 22.8 Å². The molecule has 34 heavy (non-hydrogen) atoms. The van der Waals surface area contributed by atoms with Crippen LogP contribution in [-0.2, 0) is 26.0 Å². The molecule has 1 aliphatic rings. The molecule has 9 heteroatoms. The SMILES string of the molecule is CCC(C(=O)NCC(C)C)N(CCc1ccccc1)C(=O)CN1C(=O)c2ccccc2S1(=O)=O. The molecule has 0 saturated carbocycles. The molecule has 1 aliphatic heterocycles. The molecule has 0 aromatic heterocycles. The minimum atomic E-state index is -4.13. The third-order valence-corrected chi connectivity index (χ3v) is 7.53. The molecule has 1 heterocycles. The van der Waals surface area contributed by atoms with Gasteiger partial charge in [-0.25, -0.2) is 12.7 Å². The van der Waals surface area contributed by atoms with Gasteiger partial charge in [0.05, 0.1) is 5.56 Å². The first kappa shape index (κ1) is 25.4. The Balaban J connectivity index is 1.85. The molecule has 3 amide bonds. The zero-order chi connectivity index (χ0) is 24.9. The van der Waals surface area contributed by atoms with Gasteiger partial charge < -0.3 is 10.2 Å². The van der Waals surface area contributed by atoms with E-state index in [0.29, 0.717) is 23.7 Å². The van der Waals surface area contributed by atoms with Crippen molar-refractivity contribution >= 4 is 27.7 Å². The monoisotopic (exact) mass is 485 g/mol. The summed E-state index contributed by atoms with van der Waals surface area (Å²) in [6.45, 7) is 5.77. The van der Waals surface area contributed by atoms with Gasteiger partial charge in [-0.3, -0.25) is 14.4 Å². The lowest BCUT2D eigenvalue weighted by Gasteiger charge is -2.32. The summed E-state index contributed by atoms with van der Waals surface area (Å²) in [7, 11) is -4.13. The Hall–Kier alpha value is -3.20. The molecule has 2 aromatic carbocycles. The molecule has 1 atom stereocenters. The Bertz CT molecular complexity index is 1150. The van der Waals surface area contributed by atoms with Crippen molar-refractivity contribution in [2.45, 2.75) is 44.6 Å². The Morgan fingerprint density at radius 2 is 1.68 bits per heavy atom. The molecule has 0 spiro atoms. The maximum absolute atomic E-state index is 13.4. The van der Waals surface area contributed by atoms with Crippen LogP contribution in [0.25, 0.3) is 0 Å². The molecule has 1 unspecified atom stereocenters. The molecule has 0 saturated heterocycles. The average molecular weight is 486 g/mol. The van der Waals surface area contributed by atoms with Crippen molar-refractivity contribution in [1.82, 2.24) is 14.5 Å². The van der Waals surface area contributed by atoms with Crippen molar-refractivity contribution in [3.8, 4) is 0 Å². The molecule has 0 aliphatic carbocycles. The van der Waals surface area contributed by atoms with Crippen LogP contribution >= 0.6 is 0 Å². The predicted octanol–water partition coefficient (Wildman–Crippen LogP) is 2.45. The molecule has 182 valence electrons. The Morgan fingerprint density at radius 3 is 2.29 bits per heavy atom. The van der Waals surface area contributed by atoms with Crippen LogP contribution in [0.5, 0.6) is 0 Å². The highest BCUT2D eigenvalue weighted by Crippen LogP contribution is 2.30. The van der Waals surface area contributed by atoms with E-state index in [0.717, 1.165) is 5.56 Å². The van der Waals surface area contributed by atoms with Crippen LogP contribution in [0.4, 0.5) is 0 Å². The quantitative estimate of drug-likeness (QED) is 0.557. The fraction of sp³-hybridized carbons (Fsp3) is 0.400. The van der Waals surface area contributed by atoms with E-state index in [-0.39, 0.29) is 28.8 Å². The number of carbonyl (C=O) groups excluding carboxylic acids is 3. The first-order valence-corrected chi connectivity index (χ1v) is 12.9. The Morgan fingerprint density at radius 1 is 1.03 bits per heavy atom. The standard InChI is InChI=1S/C25H31N3O5S/c1-4-21(24(30)26-16-18(2)3)27(15-14-19-10-6-5-7-11-19)23(29)17-28-25(31)20-12-8-9-13-22(20)34(28,32)33/h5-13,18,21H,4,14-17H2,1-3H3,(H,26,30). The van der Waals surface area contributed by atoms with E-state index in [1.54, 1.807) is 13.0 Å². The molecule has 2 aromatic rings. The summed E-state index contributed by atoms with van der Waals surface area (Å²) in [6, 6.07) is 14.6. The highest BCUT2D eigenvalue weighted by Gasteiger charge is 2.43. The molecule has 3 rings (SSSR count). The smallest absolute Gasteiger partial charge is 0.269 e. The second kappa shape index (κ2) is 10.8. The van der Waals surface area contributed by atoms with Crippen LogP contribution < -0.4 is 5.32 Å². The fourth-order valence-electron chi connectivity index (χ4n) is 3.92. The summed E-state index contributed by atoms with van der Waals surface area (Å²) >= 11 is 0. The van der Waals surface area contributed by atoms with Crippen LogP contribution in [0.2, 0.25) is 0 Å². The molecule has 1 N–H and O–H groups in total. The van der Waals surface area contributed by atoms with Gasteiger partial charge >= 0.3 is 0 Å². The van der Waals surface area contributed by atoms with Crippen molar-refractivity contribution in [2.75, 3.05) is 19.6 Å². The van der Waals surface area contributed by atoms with Gasteiger partial charge in [0, 0.05) is 13.1 Å². The number of nitrogens with zero attached hydrogens (tertiary/aromatic N) is 2. The van der Waals surface area contributed by atoms with E-state index in [2.05, 4.69) is 5.32 Å². The van der Waals surface area contributed by atoms with Gasteiger partial charge in [0.15, 0.2) is 0 Å². The van der Waals surface area contributed by atoms with Gasteiger partial charge in [-0.15, -0.1) is 0 Å². The number of nitrogens with one attached hydrogen (secondary N) is 1. The summed E-state index contributed by atoms with van der Waals surface area (Å²) in [6.07, 6.45) is 0.840. The van der Waals surface area contributed by atoms with Crippen LogP contribution in [0, 0.1) is 5.92 Å². The number of amides is 3. The lowest BCUT2D eigenvalue weighted by atomic mass is 10.1. The molecule has 8 nitrogen and oxygen atoms in total. The van der Waals surface area contributed by atoms with Crippen molar-refractivity contribution < 1.29 is 22.8 Å². The highest BCUT2D eigenvalue weighted by atomic mass is 32.2. The zero-order valence-electron chi connectivity index (χ0n) is 19.7. The van der Waals surface area contributed by atoms with Crippen LogP contribution in [-0.4, -0.2) is 61.0 Å². The van der Waals surface area contributed by atoms with E-state index >= 15 is 0 Å². The summed E-state index contributed by atoms with van der Waals surface area (Å²) in [5, 5.41) is 2.87. The molecule has 0 fully saturated rings. The lowest BCUT2D eigenvalue weighted by Crippen LogP contribution is -2.53. The number of benzene rings is 2. The van der Waals surface area contributed by atoms with Gasteiger partial charge in [-0.05, 0) is 36.5 Å². The highest BCUT2D eigenvalue weighted by molar-refractivity contribution is 7.90. The number of hydrogen-bond donors (Lipinski definition) is 1. The van der Waals surface area contributed by atoms with E-state index < -0.39 is 34.4 Å².